The number of aromatic nitrogens is 2. The summed E-state index contributed by atoms with van der Waals surface area (Å²) in [5, 5.41) is 9.29. The third-order valence-electron chi connectivity index (χ3n) is 7.30. The molecule has 0 aliphatic heterocycles. The number of nitrogens with zero attached hydrogens (tertiary/aromatic N) is 3. The van der Waals surface area contributed by atoms with Crippen LogP contribution in [0.1, 0.15) is 36.8 Å². The number of benzene rings is 2. The van der Waals surface area contributed by atoms with E-state index in [4.69, 9.17) is 19.4 Å². The SMILES string of the molecule is CN(c1ccc(-c2ccc(OCc3ccccc3)nc2OCc2ccccc2)cn1)C1CCC(C(=O)O)CC1. The maximum absolute atomic E-state index is 11.3. The molecule has 0 bridgehead atoms. The van der Waals surface area contributed by atoms with Crippen molar-refractivity contribution in [3.63, 3.8) is 0 Å². The molecule has 0 radical (unpaired) electrons. The van der Waals surface area contributed by atoms with E-state index in [0.29, 0.717) is 37.8 Å². The molecule has 7 heteroatoms. The minimum Gasteiger partial charge on any atom is -0.481 e. The highest BCUT2D eigenvalue weighted by atomic mass is 16.5. The van der Waals surface area contributed by atoms with Crippen LogP contribution in [0.2, 0.25) is 0 Å². The quantitative estimate of drug-likeness (QED) is 0.258. The van der Waals surface area contributed by atoms with Gasteiger partial charge in [0.1, 0.15) is 19.0 Å². The second kappa shape index (κ2) is 12.4. The van der Waals surface area contributed by atoms with E-state index >= 15 is 0 Å². The number of aliphatic carboxylic acids is 1. The monoisotopic (exact) mass is 523 g/mol. The van der Waals surface area contributed by atoms with Gasteiger partial charge in [-0.25, -0.2) is 4.98 Å². The smallest absolute Gasteiger partial charge is 0.306 e. The van der Waals surface area contributed by atoms with Gasteiger partial charge in [-0.2, -0.15) is 4.98 Å². The summed E-state index contributed by atoms with van der Waals surface area (Å²) in [6, 6.07) is 28.1. The summed E-state index contributed by atoms with van der Waals surface area (Å²) in [4.78, 5) is 22.9. The van der Waals surface area contributed by atoms with E-state index in [2.05, 4.69) is 4.90 Å². The maximum Gasteiger partial charge on any atom is 0.306 e. The molecule has 0 saturated heterocycles. The molecule has 0 atom stereocenters. The zero-order chi connectivity index (χ0) is 27.0. The Morgan fingerprint density at radius 2 is 1.49 bits per heavy atom. The van der Waals surface area contributed by atoms with E-state index in [1.807, 2.05) is 98.2 Å². The van der Waals surface area contributed by atoms with Gasteiger partial charge in [0.05, 0.1) is 5.92 Å². The van der Waals surface area contributed by atoms with Crippen LogP contribution in [0.15, 0.2) is 91.1 Å². The normalized spacial score (nSPS) is 16.8. The van der Waals surface area contributed by atoms with Crippen LogP contribution >= 0.6 is 0 Å². The largest absolute Gasteiger partial charge is 0.481 e. The van der Waals surface area contributed by atoms with Crippen LogP contribution in [0.4, 0.5) is 5.82 Å². The summed E-state index contributed by atoms with van der Waals surface area (Å²) in [6.07, 6.45) is 4.95. The number of carboxylic acids is 1. The molecule has 0 spiro atoms. The number of ether oxygens (including phenoxy) is 2. The molecule has 1 aliphatic rings. The fourth-order valence-electron chi connectivity index (χ4n) is 4.94. The highest BCUT2D eigenvalue weighted by molar-refractivity contribution is 5.70. The summed E-state index contributed by atoms with van der Waals surface area (Å²) in [7, 11) is 2.03. The average Bonchev–Trinajstić information content (AvgIpc) is 3.00. The van der Waals surface area contributed by atoms with Gasteiger partial charge in [0, 0.05) is 36.5 Å². The van der Waals surface area contributed by atoms with Gasteiger partial charge in [0.2, 0.25) is 11.8 Å². The summed E-state index contributed by atoms with van der Waals surface area (Å²) in [5.41, 5.74) is 3.85. The van der Waals surface area contributed by atoms with Crippen molar-refractivity contribution in [2.24, 2.45) is 5.92 Å². The third-order valence-corrected chi connectivity index (χ3v) is 7.30. The molecule has 1 N–H and O–H groups in total. The highest BCUT2D eigenvalue weighted by Crippen LogP contribution is 2.33. The molecule has 2 aromatic carbocycles. The molecule has 0 unspecified atom stereocenters. The second-order valence-electron chi connectivity index (χ2n) is 9.91. The molecular weight excluding hydrogens is 490 g/mol. The first kappa shape index (κ1) is 26.2. The van der Waals surface area contributed by atoms with Crippen LogP contribution in [0.3, 0.4) is 0 Å². The van der Waals surface area contributed by atoms with E-state index in [1.165, 1.54) is 0 Å². The van der Waals surface area contributed by atoms with Crippen molar-refractivity contribution in [2.45, 2.75) is 44.9 Å². The van der Waals surface area contributed by atoms with E-state index < -0.39 is 5.97 Å². The van der Waals surface area contributed by atoms with Crippen molar-refractivity contribution in [1.82, 2.24) is 9.97 Å². The van der Waals surface area contributed by atoms with Gasteiger partial charge in [0.25, 0.3) is 0 Å². The number of carboxylic acid groups (broad SMARTS) is 1. The first-order chi connectivity index (χ1) is 19.1. The van der Waals surface area contributed by atoms with Crippen LogP contribution in [-0.4, -0.2) is 34.1 Å². The molecule has 200 valence electrons. The van der Waals surface area contributed by atoms with Gasteiger partial charge in [0.15, 0.2) is 0 Å². The van der Waals surface area contributed by atoms with E-state index in [9.17, 15) is 9.90 Å². The van der Waals surface area contributed by atoms with Crippen LogP contribution < -0.4 is 14.4 Å². The Balaban J connectivity index is 1.33. The predicted octanol–water partition coefficient (Wildman–Crippen LogP) is 6.38. The summed E-state index contributed by atoms with van der Waals surface area (Å²) >= 11 is 0. The van der Waals surface area contributed by atoms with Crippen molar-refractivity contribution >= 4 is 11.8 Å². The van der Waals surface area contributed by atoms with Gasteiger partial charge >= 0.3 is 5.97 Å². The molecule has 1 saturated carbocycles. The molecule has 4 aromatic rings. The molecule has 2 aromatic heterocycles. The Hall–Kier alpha value is -4.39. The standard InChI is InChI=1S/C32H33N3O4/c1-35(27-15-12-25(13-16-27)32(36)37)29-18-14-26(20-33-29)28-17-19-30(38-21-23-8-4-2-5-9-23)34-31(28)39-22-24-10-6-3-7-11-24/h2-11,14,17-20,25,27H,12-13,15-16,21-22H2,1H3,(H,36,37). The molecule has 7 nitrogen and oxygen atoms in total. The van der Waals surface area contributed by atoms with Gasteiger partial charge < -0.3 is 19.5 Å². The average molecular weight is 524 g/mol. The first-order valence-electron chi connectivity index (χ1n) is 13.3. The van der Waals surface area contributed by atoms with Crippen molar-refractivity contribution in [3.05, 3.63) is 102 Å². The molecule has 5 rings (SSSR count). The van der Waals surface area contributed by atoms with Crippen LogP contribution in [-0.2, 0) is 18.0 Å². The minimum atomic E-state index is -0.686. The molecular formula is C32H33N3O4. The number of hydrogen-bond acceptors (Lipinski definition) is 6. The minimum absolute atomic E-state index is 0.230. The van der Waals surface area contributed by atoms with Crippen LogP contribution in [0.25, 0.3) is 11.1 Å². The number of pyridine rings is 2. The molecule has 39 heavy (non-hydrogen) atoms. The van der Waals surface area contributed by atoms with Crippen molar-refractivity contribution in [1.29, 1.82) is 0 Å². The zero-order valence-corrected chi connectivity index (χ0v) is 22.1. The molecule has 1 fully saturated rings. The van der Waals surface area contributed by atoms with Crippen molar-refractivity contribution < 1.29 is 19.4 Å². The lowest BCUT2D eigenvalue weighted by Gasteiger charge is -2.34. The zero-order valence-electron chi connectivity index (χ0n) is 22.1. The lowest BCUT2D eigenvalue weighted by molar-refractivity contribution is -0.142. The Kier molecular flexibility index (Phi) is 8.36. The van der Waals surface area contributed by atoms with Crippen molar-refractivity contribution in [2.75, 3.05) is 11.9 Å². The van der Waals surface area contributed by atoms with E-state index in [0.717, 1.165) is 40.9 Å². The van der Waals surface area contributed by atoms with Crippen molar-refractivity contribution in [3.8, 4) is 22.9 Å². The topological polar surface area (TPSA) is 84.8 Å². The van der Waals surface area contributed by atoms with E-state index in [1.54, 1.807) is 0 Å². The van der Waals surface area contributed by atoms with Crippen LogP contribution in [0.5, 0.6) is 11.8 Å². The van der Waals surface area contributed by atoms with Gasteiger partial charge in [-0.05, 0) is 55.0 Å². The fraction of sp³-hybridized carbons (Fsp3) is 0.281. The predicted molar refractivity (Wildman–Crippen MR) is 151 cm³/mol. The molecule has 0 amide bonds. The third kappa shape index (κ3) is 6.74. The maximum atomic E-state index is 11.3. The summed E-state index contributed by atoms with van der Waals surface area (Å²) in [5.74, 6) is 0.923. The fourth-order valence-corrected chi connectivity index (χ4v) is 4.94. The van der Waals surface area contributed by atoms with Gasteiger partial charge in [-0.3, -0.25) is 4.79 Å². The number of rotatable bonds is 10. The molecule has 2 heterocycles. The molecule has 1 aliphatic carbocycles. The Labute approximate surface area is 229 Å². The summed E-state index contributed by atoms with van der Waals surface area (Å²) < 4.78 is 12.2. The van der Waals surface area contributed by atoms with Gasteiger partial charge in [-0.15, -0.1) is 0 Å². The Bertz CT molecular complexity index is 1360. The van der Waals surface area contributed by atoms with Crippen LogP contribution in [0, 0.1) is 5.92 Å². The Morgan fingerprint density at radius 3 is 2.08 bits per heavy atom. The highest BCUT2D eigenvalue weighted by Gasteiger charge is 2.28. The summed E-state index contributed by atoms with van der Waals surface area (Å²) in [6.45, 7) is 0.804. The first-order valence-corrected chi connectivity index (χ1v) is 13.3. The number of anilines is 1. The van der Waals surface area contributed by atoms with E-state index in [-0.39, 0.29) is 12.0 Å². The number of hydrogen-bond donors (Lipinski definition) is 1. The lowest BCUT2D eigenvalue weighted by Crippen LogP contribution is -2.37. The number of carbonyl (C=O) groups is 1. The van der Waals surface area contributed by atoms with Gasteiger partial charge in [-0.1, -0.05) is 60.7 Å². The lowest BCUT2D eigenvalue weighted by atomic mass is 9.85. The second-order valence-corrected chi connectivity index (χ2v) is 9.91. The Morgan fingerprint density at radius 1 is 0.846 bits per heavy atom.